The topological polar surface area (TPSA) is 39.1 Å². The van der Waals surface area contributed by atoms with E-state index in [1.54, 1.807) is 0 Å². The second kappa shape index (κ2) is 11.9. The third-order valence-corrected chi connectivity index (χ3v) is 15.1. The number of rotatable bonds is 7. The maximum Gasteiger partial charge on any atom is 0.171 e. The molecule has 0 saturated heterocycles. The summed E-state index contributed by atoms with van der Waals surface area (Å²) in [5.41, 5.74) is 2.84. The van der Waals surface area contributed by atoms with Crippen LogP contribution in [0.4, 0.5) is 0 Å². The van der Waals surface area contributed by atoms with Crippen molar-refractivity contribution >= 4 is 67.9 Å². The zero-order valence-electron chi connectivity index (χ0n) is 25.6. The second-order valence-corrected chi connectivity index (χ2v) is 17.1. The summed E-state index contributed by atoms with van der Waals surface area (Å²) in [6.07, 6.45) is 0. The summed E-state index contributed by atoms with van der Waals surface area (Å²) in [6.45, 7) is 0. The van der Waals surface area contributed by atoms with Crippen molar-refractivity contribution in [3.63, 3.8) is 0 Å². The molecule has 0 atom stereocenters. The minimum Gasteiger partial charge on any atom is -0.309 e. The van der Waals surface area contributed by atoms with Gasteiger partial charge in [-0.15, -0.1) is 0 Å². The summed E-state index contributed by atoms with van der Waals surface area (Å²) in [5, 5.41) is 6.57. The number of hydrogen-bond acceptors (Lipinski definition) is 2. The van der Waals surface area contributed by atoms with E-state index in [1.807, 2.05) is 158 Å². The average molecular weight is 644 g/mol. The number of para-hydroxylation sites is 1. The van der Waals surface area contributed by atoms with Crippen LogP contribution < -0.4 is 31.8 Å². The van der Waals surface area contributed by atoms with Gasteiger partial charge in [0.2, 0.25) is 0 Å². The van der Waals surface area contributed by atoms with E-state index in [0.29, 0.717) is 0 Å². The summed E-state index contributed by atoms with van der Waals surface area (Å²) in [4.78, 5) is 0. The van der Waals surface area contributed by atoms with E-state index in [9.17, 15) is 0 Å². The normalized spacial score (nSPS) is 12.0. The van der Waals surface area contributed by atoms with E-state index in [4.69, 9.17) is 0 Å². The van der Waals surface area contributed by atoms with E-state index in [1.165, 1.54) is 0 Å². The fourth-order valence-corrected chi connectivity index (χ4v) is 12.3. The van der Waals surface area contributed by atoms with E-state index in [-0.39, 0.29) is 0 Å². The molecule has 0 amide bonds. The van der Waals surface area contributed by atoms with E-state index >= 15 is 9.13 Å². The Morgan fingerprint density at radius 2 is 0.809 bits per heavy atom. The molecule has 0 spiro atoms. The lowest BCUT2D eigenvalue weighted by atomic mass is 10.1. The first-order chi connectivity index (χ1) is 23.1. The highest BCUT2D eigenvalue weighted by Crippen LogP contribution is 2.48. The summed E-state index contributed by atoms with van der Waals surface area (Å²) < 4.78 is 33.5. The van der Waals surface area contributed by atoms with Crippen molar-refractivity contribution in [2.75, 3.05) is 0 Å². The third-order valence-electron chi connectivity index (χ3n) is 8.95. The second-order valence-electron chi connectivity index (χ2n) is 11.6. The molecule has 0 fully saturated rings. The molecule has 3 nitrogen and oxygen atoms in total. The molecule has 1 heterocycles. The summed E-state index contributed by atoms with van der Waals surface area (Å²) >= 11 is 0. The lowest BCUT2D eigenvalue weighted by Gasteiger charge is -2.21. The largest absolute Gasteiger partial charge is 0.309 e. The van der Waals surface area contributed by atoms with E-state index in [0.717, 1.165) is 59.3 Å². The van der Waals surface area contributed by atoms with Gasteiger partial charge in [0.05, 0.1) is 11.0 Å². The van der Waals surface area contributed by atoms with Gasteiger partial charge in [-0.25, -0.2) is 0 Å². The lowest BCUT2D eigenvalue weighted by Crippen LogP contribution is -2.25. The summed E-state index contributed by atoms with van der Waals surface area (Å²) in [5.74, 6) is 0. The Morgan fingerprint density at radius 3 is 1.30 bits per heavy atom. The minimum absolute atomic E-state index is 0.748. The van der Waals surface area contributed by atoms with Crippen LogP contribution in [0.15, 0.2) is 188 Å². The van der Waals surface area contributed by atoms with Gasteiger partial charge in [-0.05, 0) is 24.3 Å². The average Bonchev–Trinajstić information content (AvgIpc) is 3.50. The molecule has 0 aliphatic carbocycles. The predicted octanol–water partition coefficient (Wildman–Crippen LogP) is 8.06. The zero-order valence-corrected chi connectivity index (χ0v) is 27.3. The molecule has 0 aliphatic rings. The number of fused-ring (bicyclic) bond motifs is 3. The maximum atomic E-state index is 15.8. The number of aromatic nitrogens is 1. The molecule has 8 rings (SSSR count). The Labute approximate surface area is 274 Å². The molecule has 0 saturated carbocycles. The van der Waals surface area contributed by atoms with Gasteiger partial charge >= 0.3 is 0 Å². The van der Waals surface area contributed by atoms with Crippen molar-refractivity contribution in [3.05, 3.63) is 188 Å². The van der Waals surface area contributed by atoms with Gasteiger partial charge in [0.25, 0.3) is 0 Å². The predicted molar refractivity (Wildman–Crippen MR) is 200 cm³/mol. The van der Waals surface area contributed by atoms with Gasteiger partial charge in [0.15, 0.2) is 14.3 Å². The molecule has 8 aromatic rings. The highest BCUT2D eigenvalue weighted by Gasteiger charge is 2.34. The van der Waals surface area contributed by atoms with Crippen molar-refractivity contribution < 1.29 is 9.13 Å². The van der Waals surface area contributed by atoms with Crippen LogP contribution in [-0.4, -0.2) is 4.57 Å². The quantitative estimate of drug-likeness (QED) is 0.165. The molecule has 0 radical (unpaired) electrons. The van der Waals surface area contributed by atoms with Crippen LogP contribution in [0.25, 0.3) is 27.5 Å². The number of nitrogens with zero attached hydrogens (tertiary/aromatic N) is 1. The number of benzene rings is 7. The van der Waals surface area contributed by atoms with Crippen molar-refractivity contribution in [3.8, 4) is 5.69 Å². The van der Waals surface area contributed by atoms with Gasteiger partial charge in [-0.2, -0.15) is 0 Å². The monoisotopic (exact) mass is 643 g/mol. The SMILES string of the molecule is O=P(c1ccccc1)(c1ccccc1)c1ccc2c3c(P(=O)(c4ccccc4)c4ccccc4)cccc3n(-c3ccccc3)c2c1. The Bertz CT molecular complexity index is 2350. The molecule has 7 aromatic carbocycles. The van der Waals surface area contributed by atoms with Crippen molar-refractivity contribution in [1.82, 2.24) is 4.57 Å². The first-order valence-electron chi connectivity index (χ1n) is 15.7. The van der Waals surface area contributed by atoms with Gasteiger partial charge in [-0.1, -0.05) is 164 Å². The molecule has 1 aromatic heterocycles. The Balaban J connectivity index is 1.49. The van der Waals surface area contributed by atoms with Crippen LogP contribution in [0.2, 0.25) is 0 Å². The van der Waals surface area contributed by atoms with Crippen molar-refractivity contribution in [1.29, 1.82) is 0 Å². The lowest BCUT2D eigenvalue weighted by molar-refractivity contribution is 0.591. The molecule has 0 aliphatic heterocycles. The fourth-order valence-electron chi connectivity index (χ4n) is 6.78. The van der Waals surface area contributed by atoms with Crippen molar-refractivity contribution in [2.24, 2.45) is 0 Å². The Kier molecular flexibility index (Phi) is 7.38. The highest BCUT2D eigenvalue weighted by atomic mass is 31.2. The van der Waals surface area contributed by atoms with Crippen molar-refractivity contribution in [2.45, 2.75) is 0 Å². The molecule has 5 heteroatoms. The Hall–Kier alpha value is -5.20. The highest BCUT2D eigenvalue weighted by molar-refractivity contribution is 7.86. The van der Waals surface area contributed by atoms with E-state index < -0.39 is 14.3 Å². The van der Waals surface area contributed by atoms with Crippen LogP contribution in [-0.2, 0) is 9.13 Å². The first kappa shape index (κ1) is 29.2. The maximum absolute atomic E-state index is 15.8. The third kappa shape index (κ3) is 4.74. The van der Waals surface area contributed by atoms with Crippen LogP contribution in [0.1, 0.15) is 0 Å². The molecule has 0 N–H and O–H groups in total. The molecule has 47 heavy (non-hydrogen) atoms. The van der Waals surface area contributed by atoms with Gasteiger partial charge in [0.1, 0.15) is 0 Å². The van der Waals surface area contributed by atoms with Crippen LogP contribution in [0.5, 0.6) is 0 Å². The van der Waals surface area contributed by atoms with E-state index in [2.05, 4.69) is 34.9 Å². The summed E-state index contributed by atoms with van der Waals surface area (Å²) in [7, 11) is -6.56. The van der Waals surface area contributed by atoms with Gasteiger partial charge < -0.3 is 13.7 Å². The molecular weight excluding hydrogens is 612 g/mol. The Morgan fingerprint density at radius 1 is 0.362 bits per heavy atom. The summed E-state index contributed by atoms with van der Waals surface area (Å²) in [6, 6.07) is 61.6. The first-order valence-corrected chi connectivity index (χ1v) is 19.1. The molecular formula is C42H31NO2P2. The van der Waals surface area contributed by atoms with Crippen LogP contribution in [0, 0.1) is 0 Å². The molecule has 226 valence electrons. The smallest absolute Gasteiger partial charge is 0.171 e. The standard InChI is InChI=1S/C42H31NO2P2/c44-46(33-19-8-2-9-20-33,34-21-10-3-11-22-34)37-29-30-38-40(31-37)43(32-17-6-1-7-18-32)39-27-16-28-41(42(38)39)47(45,35-23-12-4-13-24-35)36-25-14-5-15-26-36/h1-31H. The minimum atomic E-state index is -3.31. The number of hydrogen-bond donors (Lipinski definition) is 0. The van der Waals surface area contributed by atoms with Gasteiger partial charge in [-0.3, -0.25) is 0 Å². The zero-order chi connectivity index (χ0) is 31.8. The fraction of sp³-hybridized carbons (Fsp3) is 0. The van der Waals surface area contributed by atoms with Crippen LogP contribution in [0.3, 0.4) is 0 Å². The van der Waals surface area contributed by atoms with Gasteiger partial charge in [0, 0.05) is 48.3 Å². The van der Waals surface area contributed by atoms with Crippen LogP contribution >= 0.6 is 14.3 Å². The molecule has 0 bridgehead atoms. The molecule has 0 unspecified atom stereocenters.